The highest BCUT2D eigenvalue weighted by Gasteiger charge is 2.18. The molecular weight excluding hydrogens is 304 g/mol. The van der Waals surface area contributed by atoms with Gasteiger partial charge in [-0.05, 0) is 36.2 Å². The summed E-state index contributed by atoms with van der Waals surface area (Å²) in [4.78, 5) is 18.1. The van der Waals surface area contributed by atoms with Crippen molar-refractivity contribution in [2.75, 3.05) is 13.7 Å². The van der Waals surface area contributed by atoms with Crippen LogP contribution in [-0.2, 0) is 17.9 Å². The molecule has 7 nitrogen and oxygen atoms in total. The maximum Gasteiger partial charge on any atom is 0.318 e. The average Bonchev–Trinajstić information content (AvgIpc) is 3.16. The molecule has 2 aromatic heterocycles. The molecule has 0 spiro atoms. The van der Waals surface area contributed by atoms with Gasteiger partial charge >= 0.3 is 6.03 Å². The van der Waals surface area contributed by atoms with Gasteiger partial charge in [0.05, 0.1) is 6.04 Å². The Morgan fingerprint density at radius 1 is 1.59 bits per heavy atom. The van der Waals surface area contributed by atoms with E-state index in [1.54, 1.807) is 23.3 Å². The molecule has 2 amide bonds. The van der Waals surface area contributed by atoms with Crippen molar-refractivity contribution in [2.24, 2.45) is 0 Å². The molecular formula is C14H20N4O3S. The molecule has 0 fully saturated rings. The summed E-state index contributed by atoms with van der Waals surface area (Å²) in [5.41, 5.74) is 1.09. The summed E-state index contributed by atoms with van der Waals surface area (Å²) in [5, 5.41) is 10.8. The second-order valence-corrected chi connectivity index (χ2v) is 5.56. The molecule has 2 heterocycles. The molecule has 120 valence electrons. The Hall–Kier alpha value is -1.93. The maximum atomic E-state index is 12.3. The number of ether oxygens (including phenoxy) is 1. The lowest BCUT2D eigenvalue weighted by Crippen LogP contribution is -2.40. The Kier molecular flexibility index (Phi) is 5.91. The van der Waals surface area contributed by atoms with Crippen molar-refractivity contribution in [3.05, 3.63) is 34.1 Å². The van der Waals surface area contributed by atoms with E-state index in [1.807, 2.05) is 30.7 Å². The number of nitrogens with one attached hydrogen (secondary N) is 1. The van der Waals surface area contributed by atoms with E-state index in [2.05, 4.69) is 15.5 Å². The van der Waals surface area contributed by atoms with E-state index >= 15 is 0 Å². The molecule has 2 rings (SSSR count). The number of hydrogen-bond donors (Lipinski definition) is 1. The van der Waals surface area contributed by atoms with E-state index in [4.69, 9.17) is 9.26 Å². The van der Waals surface area contributed by atoms with Crippen molar-refractivity contribution >= 4 is 17.4 Å². The topological polar surface area (TPSA) is 80.5 Å². The molecule has 0 radical (unpaired) electrons. The SMILES string of the molecule is CCN(Cc1nc(COC)no1)C(=O)N[C@@H](C)c1ccsc1. The third kappa shape index (κ3) is 4.28. The van der Waals surface area contributed by atoms with Gasteiger partial charge < -0.3 is 19.5 Å². The van der Waals surface area contributed by atoms with Crippen LogP contribution in [-0.4, -0.2) is 34.7 Å². The fourth-order valence-corrected chi connectivity index (χ4v) is 2.67. The van der Waals surface area contributed by atoms with Gasteiger partial charge in [-0.1, -0.05) is 5.16 Å². The Morgan fingerprint density at radius 2 is 2.41 bits per heavy atom. The quantitative estimate of drug-likeness (QED) is 0.846. The van der Waals surface area contributed by atoms with Crippen LogP contribution in [0.15, 0.2) is 21.3 Å². The van der Waals surface area contributed by atoms with Crippen molar-refractivity contribution < 1.29 is 14.1 Å². The van der Waals surface area contributed by atoms with Crippen LogP contribution in [0, 0.1) is 0 Å². The van der Waals surface area contributed by atoms with Gasteiger partial charge in [-0.15, -0.1) is 0 Å². The summed E-state index contributed by atoms with van der Waals surface area (Å²) < 4.78 is 10.1. The number of carbonyl (C=O) groups excluding carboxylic acids is 1. The molecule has 1 atom stereocenters. The minimum Gasteiger partial charge on any atom is -0.377 e. The molecule has 0 bridgehead atoms. The summed E-state index contributed by atoms with van der Waals surface area (Å²) in [6.45, 7) is 4.97. The summed E-state index contributed by atoms with van der Waals surface area (Å²) in [7, 11) is 1.56. The van der Waals surface area contributed by atoms with Gasteiger partial charge in [0.1, 0.15) is 13.2 Å². The molecule has 0 saturated heterocycles. The zero-order chi connectivity index (χ0) is 15.9. The summed E-state index contributed by atoms with van der Waals surface area (Å²) in [6, 6.07) is 1.80. The first-order valence-electron chi connectivity index (χ1n) is 7.02. The lowest BCUT2D eigenvalue weighted by atomic mass is 10.2. The molecule has 0 aliphatic rings. The Balaban J connectivity index is 1.93. The number of aromatic nitrogens is 2. The van der Waals surface area contributed by atoms with Gasteiger partial charge in [-0.25, -0.2) is 4.79 Å². The average molecular weight is 324 g/mol. The third-order valence-corrected chi connectivity index (χ3v) is 3.86. The lowest BCUT2D eigenvalue weighted by Gasteiger charge is -2.22. The van der Waals surface area contributed by atoms with E-state index in [0.29, 0.717) is 18.3 Å². The van der Waals surface area contributed by atoms with Crippen molar-refractivity contribution in [3.63, 3.8) is 0 Å². The zero-order valence-corrected chi connectivity index (χ0v) is 13.7. The molecule has 2 aromatic rings. The number of amides is 2. The molecule has 8 heteroatoms. The molecule has 0 aromatic carbocycles. The highest BCUT2D eigenvalue weighted by molar-refractivity contribution is 7.07. The van der Waals surface area contributed by atoms with E-state index < -0.39 is 0 Å². The Labute approximate surface area is 133 Å². The minimum absolute atomic E-state index is 0.0421. The first-order valence-corrected chi connectivity index (χ1v) is 7.96. The van der Waals surface area contributed by atoms with Gasteiger partial charge in [-0.3, -0.25) is 0 Å². The monoisotopic (exact) mass is 324 g/mol. The Bertz CT molecular complexity index is 585. The smallest absolute Gasteiger partial charge is 0.318 e. The summed E-state index contributed by atoms with van der Waals surface area (Å²) >= 11 is 1.61. The van der Waals surface area contributed by atoms with Crippen molar-refractivity contribution in [3.8, 4) is 0 Å². The molecule has 0 aliphatic heterocycles. The fraction of sp³-hybridized carbons (Fsp3) is 0.500. The standard InChI is InChI=1S/C14H20N4O3S/c1-4-18(7-13-16-12(8-20-3)17-21-13)14(19)15-10(2)11-5-6-22-9-11/h5-6,9-10H,4,7-8H2,1-3H3,(H,15,19)/t10-/m0/s1. The second kappa shape index (κ2) is 7.90. The molecule has 0 unspecified atom stereocenters. The van der Waals surface area contributed by atoms with Gasteiger partial charge in [-0.2, -0.15) is 16.3 Å². The van der Waals surface area contributed by atoms with Gasteiger partial charge in [0.15, 0.2) is 5.82 Å². The summed E-state index contributed by atoms with van der Waals surface area (Å²) in [6.07, 6.45) is 0. The van der Waals surface area contributed by atoms with Crippen LogP contribution in [0.3, 0.4) is 0 Å². The third-order valence-electron chi connectivity index (χ3n) is 3.16. The number of urea groups is 1. The minimum atomic E-state index is -0.160. The number of carbonyl (C=O) groups is 1. The highest BCUT2D eigenvalue weighted by atomic mass is 32.1. The van der Waals surface area contributed by atoms with Gasteiger partial charge in [0.25, 0.3) is 0 Å². The largest absolute Gasteiger partial charge is 0.377 e. The molecule has 0 aliphatic carbocycles. The van der Waals surface area contributed by atoms with E-state index in [0.717, 1.165) is 5.56 Å². The first kappa shape index (κ1) is 16.4. The highest BCUT2D eigenvalue weighted by Crippen LogP contribution is 2.16. The number of thiophene rings is 1. The normalized spacial score (nSPS) is 12.1. The van der Waals surface area contributed by atoms with Crippen molar-refractivity contribution in [1.82, 2.24) is 20.4 Å². The first-order chi connectivity index (χ1) is 10.6. The van der Waals surface area contributed by atoms with Crippen molar-refractivity contribution in [1.29, 1.82) is 0 Å². The zero-order valence-electron chi connectivity index (χ0n) is 12.9. The van der Waals surface area contributed by atoms with Crippen LogP contribution in [0.25, 0.3) is 0 Å². The number of methoxy groups -OCH3 is 1. The number of hydrogen-bond acceptors (Lipinski definition) is 6. The van der Waals surface area contributed by atoms with Crippen LogP contribution >= 0.6 is 11.3 Å². The molecule has 0 saturated carbocycles. The number of nitrogens with zero attached hydrogens (tertiary/aromatic N) is 3. The van der Waals surface area contributed by atoms with Crippen molar-refractivity contribution in [2.45, 2.75) is 33.0 Å². The van der Waals surface area contributed by atoms with E-state index in [-0.39, 0.29) is 25.2 Å². The lowest BCUT2D eigenvalue weighted by molar-refractivity contribution is 0.174. The Morgan fingerprint density at radius 3 is 3.05 bits per heavy atom. The van der Waals surface area contributed by atoms with E-state index in [1.165, 1.54) is 0 Å². The predicted octanol–water partition coefficient (Wildman–Crippen LogP) is 2.57. The fourth-order valence-electron chi connectivity index (χ4n) is 1.91. The van der Waals surface area contributed by atoms with Crippen LogP contribution in [0.2, 0.25) is 0 Å². The summed E-state index contributed by atoms with van der Waals surface area (Å²) in [5.74, 6) is 0.868. The van der Waals surface area contributed by atoms with Crippen LogP contribution < -0.4 is 5.32 Å². The number of rotatable bonds is 7. The molecule has 22 heavy (non-hydrogen) atoms. The van der Waals surface area contributed by atoms with Crippen LogP contribution in [0.5, 0.6) is 0 Å². The van der Waals surface area contributed by atoms with Gasteiger partial charge in [0.2, 0.25) is 5.89 Å². The predicted molar refractivity (Wildman–Crippen MR) is 82.4 cm³/mol. The van der Waals surface area contributed by atoms with Crippen LogP contribution in [0.4, 0.5) is 4.79 Å². The van der Waals surface area contributed by atoms with Crippen LogP contribution in [0.1, 0.15) is 37.2 Å². The second-order valence-electron chi connectivity index (χ2n) is 4.78. The molecule has 1 N–H and O–H groups in total. The van der Waals surface area contributed by atoms with Gasteiger partial charge in [0, 0.05) is 13.7 Å². The van der Waals surface area contributed by atoms with E-state index in [9.17, 15) is 4.79 Å². The maximum absolute atomic E-state index is 12.3.